The predicted molar refractivity (Wildman–Crippen MR) is 163 cm³/mol. The molecule has 3 aromatic heterocycles. The summed E-state index contributed by atoms with van der Waals surface area (Å²) in [7, 11) is 0. The van der Waals surface area contributed by atoms with Crippen molar-refractivity contribution in [3.8, 4) is 0 Å². The summed E-state index contributed by atoms with van der Waals surface area (Å²) >= 11 is 0. The van der Waals surface area contributed by atoms with Crippen molar-refractivity contribution in [2.24, 2.45) is 11.7 Å². The number of pyridine rings is 1. The Kier molecular flexibility index (Phi) is 7.81. The van der Waals surface area contributed by atoms with Crippen molar-refractivity contribution in [3.05, 3.63) is 59.7 Å². The number of amides is 2. The van der Waals surface area contributed by atoms with Crippen LogP contribution in [0.2, 0.25) is 0 Å². The van der Waals surface area contributed by atoms with Gasteiger partial charge in [0.1, 0.15) is 5.82 Å². The largest absolute Gasteiger partial charge is 0.395 e. The number of urea groups is 1. The highest BCUT2D eigenvalue weighted by Gasteiger charge is 2.53. The molecule has 0 unspecified atom stereocenters. The zero-order valence-corrected chi connectivity index (χ0v) is 24.4. The molecule has 0 atom stereocenters. The molecule has 1 saturated heterocycles. The molecule has 1 aliphatic carbocycles. The highest BCUT2D eigenvalue weighted by Crippen LogP contribution is 2.44. The summed E-state index contributed by atoms with van der Waals surface area (Å²) in [6, 6.07) is 1.63. The Morgan fingerprint density at radius 1 is 1.29 bits per heavy atom. The number of allylic oxidation sites excluding steroid dienone is 2. The molecule has 5 rings (SSSR count). The van der Waals surface area contributed by atoms with Gasteiger partial charge in [0.25, 0.3) is 0 Å². The number of fused-ring (bicyclic) bond motifs is 1. The molecule has 4 heterocycles. The van der Waals surface area contributed by atoms with E-state index in [2.05, 4.69) is 50.3 Å². The minimum atomic E-state index is -0.237. The van der Waals surface area contributed by atoms with Crippen molar-refractivity contribution >= 4 is 41.1 Å². The van der Waals surface area contributed by atoms with E-state index in [4.69, 9.17) is 11.1 Å². The maximum atomic E-state index is 13.5. The van der Waals surface area contributed by atoms with Crippen LogP contribution >= 0.6 is 0 Å². The van der Waals surface area contributed by atoms with Gasteiger partial charge in [0.05, 0.1) is 45.7 Å². The first-order valence-electron chi connectivity index (χ1n) is 14.2. The molecule has 216 valence electrons. The molecular weight excluding hydrogens is 516 g/mol. The first-order valence-corrected chi connectivity index (χ1v) is 14.2. The Labute approximate surface area is 240 Å². The number of piperazine rings is 1. The molecule has 0 bridgehead atoms. The van der Waals surface area contributed by atoms with Crippen LogP contribution in [0.1, 0.15) is 56.5 Å². The first kappa shape index (κ1) is 28.3. The van der Waals surface area contributed by atoms with Crippen LogP contribution in [0.15, 0.2) is 36.8 Å². The summed E-state index contributed by atoms with van der Waals surface area (Å²) < 4.78 is 4.02. The molecule has 11 nitrogen and oxygen atoms in total. The fourth-order valence-corrected chi connectivity index (χ4v) is 5.66. The summed E-state index contributed by atoms with van der Waals surface area (Å²) in [5.41, 5.74) is 10.3. The predicted octanol–water partition coefficient (Wildman–Crippen LogP) is 4.06. The SMILES string of the molecule is C=Cc1nc(C)c(CN2CCN(C(=O)N/C(C=N)=C(/N)c3cc4c(cn3)cnn4CC(C)C)C3(CC3)C2)n1/C=C\C. The van der Waals surface area contributed by atoms with Crippen LogP contribution in [0.3, 0.4) is 0 Å². The van der Waals surface area contributed by atoms with E-state index < -0.39 is 0 Å². The lowest BCUT2D eigenvalue weighted by molar-refractivity contribution is 0.0776. The van der Waals surface area contributed by atoms with Crippen molar-refractivity contribution in [1.29, 1.82) is 5.41 Å². The van der Waals surface area contributed by atoms with E-state index in [0.717, 1.165) is 73.4 Å². The lowest BCUT2D eigenvalue weighted by atomic mass is 10.1. The van der Waals surface area contributed by atoms with Crippen molar-refractivity contribution < 1.29 is 4.79 Å². The molecule has 0 aromatic carbocycles. The summed E-state index contributed by atoms with van der Waals surface area (Å²) in [6.07, 6.45) is 12.3. The van der Waals surface area contributed by atoms with Crippen LogP contribution in [-0.4, -0.2) is 71.5 Å². The average molecular weight is 557 g/mol. The molecule has 1 spiro atoms. The maximum absolute atomic E-state index is 13.5. The zero-order chi connectivity index (χ0) is 29.3. The number of carbonyl (C=O) groups is 1. The number of nitrogens with zero attached hydrogens (tertiary/aromatic N) is 7. The van der Waals surface area contributed by atoms with Crippen molar-refractivity contribution in [2.45, 2.75) is 59.2 Å². The Hall–Kier alpha value is -4.25. The highest BCUT2D eigenvalue weighted by atomic mass is 16.2. The van der Waals surface area contributed by atoms with Gasteiger partial charge in [-0.25, -0.2) is 9.78 Å². The minimum Gasteiger partial charge on any atom is -0.395 e. The van der Waals surface area contributed by atoms with Crippen LogP contribution < -0.4 is 11.1 Å². The van der Waals surface area contributed by atoms with E-state index in [0.29, 0.717) is 18.2 Å². The second-order valence-corrected chi connectivity index (χ2v) is 11.4. The Bertz CT molecular complexity index is 1540. The molecule has 11 heteroatoms. The number of carbonyl (C=O) groups excluding carboxylic acids is 1. The van der Waals surface area contributed by atoms with Crippen LogP contribution in [0.25, 0.3) is 28.9 Å². The third-order valence-electron chi connectivity index (χ3n) is 7.91. The number of aryl methyl sites for hydroxylation is 1. The molecule has 0 radical (unpaired) electrons. The van der Waals surface area contributed by atoms with Crippen LogP contribution in [0, 0.1) is 18.3 Å². The summed E-state index contributed by atoms with van der Waals surface area (Å²) in [6.45, 7) is 15.8. The lowest BCUT2D eigenvalue weighted by Crippen LogP contribution is -2.59. The molecule has 2 aliphatic rings. The summed E-state index contributed by atoms with van der Waals surface area (Å²) in [5, 5.41) is 16.3. The second-order valence-electron chi connectivity index (χ2n) is 11.4. The molecule has 3 aromatic rings. The summed E-state index contributed by atoms with van der Waals surface area (Å²) in [5.74, 6) is 1.26. The molecular formula is C30H40N10O. The van der Waals surface area contributed by atoms with Gasteiger partial charge in [-0.3, -0.25) is 14.6 Å². The lowest BCUT2D eigenvalue weighted by Gasteiger charge is -2.42. The number of nitrogens with two attached hydrogens (primary N) is 1. The van der Waals surface area contributed by atoms with Crippen molar-refractivity contribution in [2.75, 3.05) is 19.6 Å². The molecule has 1 saturated carbocycles. The van der Waals surface area contributed by atoms with E-state index >= 15 is 0 Å². The molecule has 2 fully saturated rings. The number of hydrogen-bond donors (Lipinski definition) is 3. The van der Waals surface area contributed by atoms with E-state index in [1.165, 1.54) is 0 Å². The van der Waals surface area contributed by atoms with Gasteiger partial charge in [-0.05, 0) is 44.7 Å². The Morgan fingerprint density at radius 3 is 2.73 bits per heavy atom. The smallest absolute Gasteiger partial charge is 0.322 e. The van der Waals surface area contributed by atoms with Crippen molar-refractivity contribution in [1.82, 2.24) is 39.4 Å². The van der Waals surface area contributed by atoms with E-state index in [1.807, 2.05) is 41.8 Å². The van der Waals surface area contributed by atoms with Gasteiger partial charge < -0.3 is 25.9 Å². The monoisotopic (exact) mass is 556 g/mol. The zero-order valence-electron chi connectivity index (χ0n) is 24.4. The normalized spacial score (nSPS) is 17.4. The van der Waals surface area contributed by atoms with E-state index in [-0.39, 0.29) is 23.0 Å². The quantitative estimate of drug-likeness (QED) is 0.340. The van der Waals surface area contributed by atoms with Gasteiger partial charge in [-0.1, -0.05) is 26.5 Å². The van der Waals surface area contributed by atoms with E-state index in [9.17, 15) is 4.79 Å². The van der Waals surface area contributed by atoms with Crippen molar-refractivity contribution in [3.63, 3.8) is 0 Å². The van der Waals surface area contributed by atoms with Gasteiger partial charge in [0.2, 0.25) is 0 Å². The standard InChI is InChI=1S/C30H40N10O/c1-6-10-38-26(21(5)35-27(38)7-2)18-37-11-12-39(30(19-37)8-9-30)29(41)36-24(14-31)28(32)23-13-25-22(15-33-23)16-34-40(25)17-20(3)4/h6-7,10,13-16,20,31H,2,8-9,11-12,17-19,32H2,1,3-5H3,(H,36,41)/b10-6-,28-24+,31-14?. The van der Waals surface area contributed by atoms with E-state index in [1.54, 1.807) is 18.5 Å². The number of nitrogens with one attached hydrogen (secondary N) is 2. The van der Waals surface area contributed by atoms with Gasteiger partial charge in [0, 0.05) is 56.7 Å². The molecule has 41 heavy (non-hydrogen) atoms. The molecule has 2 amide bonds. The number of imidazole rings is 1. The highest BCUT2D eigenvalue weighted by molar-refractivity contribution is 5.94. The fourth-order valence-electron chi connectivity index (χ4n) is 5.66. The molecule has 1 aliphatic heterocycles. The number of hydrogen-bond acceptors (Lipinski definition) is 7. The fraction of sp³-hybridized carbons (Fsp3) is 0.433. The third-order valence-corrected chi connectivity index (χ3v) is 7.91. The van der Waals surface area contributed by atoms with Gasteiger partial charge in [-0.2, -0.15) is 5.10 Å². The summed E-state index contributed by atoms with van der Waals surface area (Å²) in [4.78, 5) is 27.0. The van der Waals surface area contributed by atoms with Gasteiger partial charge in [0.15, 0.2) is 0 Å². The van der Waals surface area contributed by atoms with Crippen LogP contribution in [0.4, 0.5) is 4.79 Å². The first-order chi connectivity index (χ1) is 19.7. The average Bonchev–Trinajstić information content (AvgIpc) is 3.49. The van der Waals surface area contributed by atoms with Crippen LogP contribution in [0.5, 0.6) is 0 Å². The van der Waals surface area contributed by atoms with Gasteiger partial charge >= 0.3 is 6.03 Å². The number of aromatic nitrogens is 5. The van der Waals surface area contributed by atoms with Gasteiger partial charge in [-0.15, -0.1) is 0 Å². The van der Waals surface area contributed by atoms with Crippen LogP contribution in [-0.2, 0) is 13.1 Å². The molecule has 4 N–H and O–H groups in total. The Balaban J connectivity index is 1.31. The maximum Gasteiger partial charge on any atom is 0.322 e. The topological polar surface area (TPSA) is 134 Å². The minimum absolute atomic E-state index is 0.217. The second kappa shape index (κ2) is 11.3. The number of rotatable bonds is 9. The third kappa shape index (κ3) is 5.54. The Morgan fingerprint density at radius 2 is 2.07 bits per heavy atom.